The summed E-state index contributed by atoms with van der Waals surface area (Å²) in [6.45, 7) is 0.505. The first kappa shape index (κ1) is 11.5. The van der Waals surface area contributed by atoms with Gasteiger partial charge in [0.1, 0.15) is 12.2 Å². The van der Waals surface area contributed by atoms with Gasteiger partial charge in [-0.25, -0.2) is 15.0 Å². The van der Waals surface area contributed by atoms with Crippen molar-refractivity contribution in [1.82, 2.24) is 29.3 Å². The second-order valence-corrected chi connectivity index (χ2v) is 4.16. The van der Waals surface area contributed by atoms with Gasteiger partial charge in [0.2, 0.25) is 0 Å². The molecule has 19 heavy (non-hydrogen) atoms. The number of hydrogen-bond donors (Lipinski definition) is 0. The Morgan fingerprint density at radius 1 is 1.26 bits per heavy atom. The molecule has 7 heteroatoms. The molecule has 0 saturated carbocycles. The summed E-state index contributed by atoms with van der Waals surface area (Å²) in [5.41, 5.74) is 0.873. The van der Waals surface area contributed by atoms with Gasteiger partial charge in [-0.3, -0.25) is 14.0 Å². The fourth-order valence-corrected chi connectivity index (χ4v) is 1.91. The first-order chi connectivity index (χ1) is 9.25. The third-order valence-electron chi connectivity index (χ3n) is 2.97. The minimum Gasteiger partial charge on any atom is -0.297 e. The van der Waals surface area contributed by atoms with E-state index in [2.05, 4.69) is 20.1 Å². The lowest BCUT2D eigenvalue weighted by molar-refractivity contribution is 0.608. The second-order valence-electron chi connectivity index (χ2n) is 4.16. The van der Waals surface area contributed by atoms with Gasteiger partial charge in [0.05, 0.1) is 11.8 Å². The molecule has 0 aliphatic heterocycles. The molecule has 96 valence electrons. The zero-order valence-corrected chi connectivity index (χ0v) is 10.4. The summed E-state index contributed by atoms with van der Waals surface area (Å²) in [6, 6.07) is 3.54. The van der Waals surface area contributed by atoms with Crippen LogP contribution in [0.15, 0.2) is 35.8 Å². The predicted octanol–water partition coefficient (Wildman–Crippen LogP) is 0.163. The molecule has 0 unspecified atom stereocenters. The smallest absolute Gasteiger partial charge is 0.279 e. The summed E-state index contributed by atoms with van der Waals surface area (Å²) in [6.07, 6.45) is 5.26. The summed E-state index contributed by atoms with van der Waals surface area (Å²) in [5, 5.41) is 3.99. The lowest BCUT2D eigenvalue weighted by Crippen LogP contribution is -2.23. The third-order valence-corrected chi connectivity index (χ3v) is 2.97. The average Bonchev–Trinajstić information content (AvgIpc) is 2.84. The number of aryl methyl sites for hydroxylation is 3. The Balaban J connectivity index is 1.92. The van der Waals surface area contributed by atoms with E-state index in [1.807, 2.05) is 7.05 Å². The highest BCUT2D eigenvalue weighted by Gasteiger charge is 2.06. The molecule has 0 amide bonds. The quantitative estimate of drug-likeness (QED) is 0.667. The van der Waals surface area contributed by atoms with Crippen molar-refractivity contribution in [3.05, 3.63) is 47.2 Å². The molecule has 7 nitrogen and oxygen atoms in total. The summed E-state index contributed by atoms with van der Waals surface area (Å²) < 4.78 is 3.24. The highest BCUT2D eigenvalue weighted by molar-refractivity contribution is 5.71. The number of pyridine rings is 1. The monoisotopic (exact) mass is 256 g/mol. The molecule has 0 saturated heterocycles. The maximum atomic E-state index is 12.2. The molecule has 3 heterocycles. The average molecular weight is 256 g/mol. The van der Waals surface area contributed by atoms with Crippen molar-refractivity contribution >= 4 is 11.0 Å². The Bertz CT molecular complexity index is 775. The van der Waals surface area contributed by atoms with Crippen molar-refractivity contribution in [3.8, 4) is 0 Å². The molecular formula is C12H12N6O. The van der Waals surface area contributed by atoms with Crippen LogP contribution in [-0.2, 0) is 20.0 Å². The standard InChI is InChI=1S/C12H12N6O/c1-17-10(14-7-16-17)4-6-18-8-15-9-3-2-5-13-11(9)12(18)19/h2-3,5,7-8H,4,6H2,1H3. The molecule has 0 aromatic carbocycles. The fourth-order valence-electron chi connectivity index (χ4n) is 1.91. The highest BCUT2D eigenvalue weighted by atomic mass is 16.1. The van der Waals surface area contributed by atoms with Crippen LogP contribution in [-0.4, -0.2) is 29.3 Å². The van der Waals surface area contributed by atoms with Crippen molar-refractivity contribution in [3.63, 3.8) is 0 Å². The SMILES string of the molecule is Cn1ncnc1CCn1cnc2cccnc2c1=O. The van der Waals surface area contributed by atoms with E-state index >= 15 is 0 Å². The lowest BCUT2D eigenvalue weighted by atomic mass is 10.3. The normalized spacial score (nSPS) is 11.0. The second kappa shape index (κ2) is 4.60. The number of rotatable bonds is 3. The highest BCUT2D eigenvalue weighted by Crippen LogP contribution is 2.02. The maximum Gasteiger partial charge on any atom is 0.279 e. The van der Waals surface area contributed by atoms with Crippen LogP contribution >= 0.6 is 0 Å². The summed E-state index contributed by atoms with van der Waals surface area (Å²) in [5.74, 6) is 0.827. The molecule has 0 fully saturated rings. The van der Waals surface area contributed by atoms with Crippen LogP contribution in [0.25, 0.3) is 11.0 Å². The maximum absolute atomic E-state index is 12.2. The molecule has 0 N–H and O–H groups in total. The van der Waals surface area contributed by atoms with E-state index in [9.17, 15) is 4.79 Å². The lowest BCUT2D eigenvalue weighted by Gasteiger charge is -2.05. The van der Waals surface area contributed by atoms with Gasteiger partial charge in [0.15, 0.2) is 5.52 Å². The number of hydrogen-bond acceptors (Lipinski definition) is 5. The Morgan fingerprint density at radius 2 is 2.16 bits per heavy atom. The number of aromatic nitrogens is 6. The van der Waals surface area contributed by atoms with Crippen LogP contribution in [0.2, 0.25) is 0 Å². The Kier molecular flexibility index (Phi) is 2.79. The largest absolute Gasteiger partial charge is 0.297 e. The van der Waals surface area contributed by atoms with E-state index in [1.165, 1.54) is 6.33 Å². The Hall–Kier alpha value is -2.57. The van der Waals surface area contributed by atoms with Crippen LogP contribution in [0.1, 0.15) is 5.82 Å². The van der Waals surface area contributed by atoms with Crippen LogP contribution in [0.3, 0.4) is 0 Å². The zero-order valence-electron chi connectivity index (χ0n) is 10.4. The molecular weight excluding hydrogens is 244 g/mol. The molecule has 0 bridgehead atoms. The minimum atomic E-state index is -0.132. The van der Waals surface area contributed by atoms with Gasteiger partial charge in [-0.2, -0.15) is 5.10 Å². The van der Waals surface area contributed by atoms with Crippen molar-refractivity contribution in [2.24, 2.45) is 7.05 Å². The van der Waals surface area contributed by atoms with Gasteiger partial charge in [-0.1, -0.05) is 0 Å². The Labute approximate surface area is 108 Å². The fraction of sp³-hybridized carbons (Fsp3) is 0.250. The van der Waals surface area contributed by atoms with E-state index < -0.39 is 0 Å². The molecule has 0 atom stereocenters. The first-order valence-electron chi connectivity index (χ1n) is 5.89. The minimum absolute atomic E-state index is 0.132. The van der Waals surface area contributed by atoms with E-state index in [0.29, 0.717) is 24.0 Å². The molecule has 3 aromatic heterocycles. The van der Waals surface area contributed by atoms with Crippen LogP contribution in [0, 0.1) is 0 Å². The van der Waals surface area contributed by atoms with Crippen LogP contribution in [0.5, 0.6) is 0 Å². The number of nitrogens with zero attached hydrogens (tertiary/aromatic N) is 6. The van der Waals surface area contributed by atoms with E-state index in [4.69, 9.17) is 0 Å². The van der Waals surface area contributed by atoms with E-state index in [-0.39, 0.29) is 5.56 Å². The van der Waals surface area contributed by atoms with E-state index in [1.54, 1.807) is 33.9 Å². The van der Waals surface area contributed by atoms with Crippen molar-refractivity contribution in [2.45, 2.75) is 13.0 Å². The zero-order chi connectivity index (χ0) is 13.2. The molecule has 0 aliphatic rings. The van der Waals surface area contributed by atoms with Crippen molar-refractivity contribution in [2.75, 3.05) is 0 Å². The molecule has 0 radical (unpaired) electrons. The first-order valence-corrected chi connectivity index (χ1v) is 5.89. The molecule has 0 aliphatic carbocycles. The van der Waals surface area contributed by atoms with Gasteiger partial charge >= 0.3 is 0 Å². The predicted molar refractivity (Wildman–Crippen MR) is 68.5 cm³/mol. The van der Waals surface area contributed by atoms with E-state index in [0.717, 1.165) is 5.82 Å². The summed E-state index contributed by atoms with van der Waals surface area (Å²) >= 11 is 0. The van der Waals surface area contributed by atoms with Gasteiger partial charge in [-0.05, 0) is 12.1 Å². The van der Waals surface area contributed by atoms with Crippen molar-refractivity contribution in [1.29, 1.82) is 0 Å². The summed E-state index contributed by atoms with van der Waals surface area (Å²) in [4.78, 5) is 24.6. The molecule has 3 aromatic rings. The molecule has 0 spiro atoms. The topological polar surface area (TPSA) is 78.5 Å². The third kappa shape index (κ3) is 2.10. The number of fused-ring (bicyclic) bond motifs is 1. The Morgan fingerprint density at radius 3 is 2.95 bits per heavy atom. The van der Waals surface area contributed by atoms with Gasteiger partial charge in [-0.15, -0.1) is 0 Å². The summed E-state index contributed by atoms with van der Waals surface area (Å²) in [7, 11) is 1.82. The molecule has 3 rings (SSSR count). The van der Waals surface area contributed by atoms with Gasteiger partial charge in [0.25, 0.3) is 5.56 Å². The van der Waals surface area contributed by atoms with Gasteiger partial charge < -0.3 is 0 Å². The van der Waals surface area contributed by atoms with Crippen molar-refractivity contribution < 1.29 is 0 Å². The van der Waals surface area contributed by atoms with Crippen LogP contribution in [0.4, 0.5) is 0 Å². The van der Waals surface area contributed by atoms with Gasteiger partial charge in [0, 0.05) is 26.2 Å². The van der Waals surface area contributed by atoms with Crippen LogP contribution < -0.4 is 5.56 Å².